The molecule has 5 heteroatoms. The van der Waals surface area contributed by atoms with Crippen molar-refractivity contribution >= 4 is 28.6 Å². The number of hydrogen-bond donors (Lipinski definition) is 0. The van der Waals surface area contributed by atoms with Crippen molar-refractivity contribution in [1.82, 2.24) is 0 Å². The van der Waals surface area contributed by atoms with E-state index in [0.29, 0.717) is 32.8 Å². The summed E-state index contributed by atoms with van der Waals surface area (Å²) in [4.78, 5) is 11.2. The maximum atomic E-state index is 11.2. The first-order chi connectivity index (χ1) is 8.31. The Morgan fingerprint density at radius 2 is 1.65 bits per heavy atom. The van der Waals surface area contributed by atoms with Crippen LogP contribution >= 0.6 is 22.6 Å². The molecule has 0 amide bonds. The van der Waals surface area contributed by atoms with Crippen LogP contribution in [0.2, 0.25) is 0 Å². The molecule has 4 nitrogen and oxygen atoms in total. The Bertz CT molecular complexity index is 176. The van der Waals surface area contributed by atoms with Crippen molar-refractivity contribution in [3.63, 3.8) is 0 Å². The molecule has 0 N–H and O–H groups in total. The van der Waals surface area contributed by atoms with Crippen LogP contribution in [0.1, 0.15) is 32.6 Å². The van der Waals surface area contributed by atoms with E-state index in [4.69, 9.17) is 14.2 Å². The molecule has 0 bridgehead atoms. The fourth-order valence-corrected chi connectivity index (χ4v) is 1.49. The molecular formula is C12H23IO4. The van der Waals surface area contributed by atoms with Gasteiger partial charge in [0.05, 0.1) is 26.4 Å². The van der Waals surface area contributed by atoms with E-state index < -0.39 is 0 Å². The van der Waals surface area contributed by atoms with E-state index >= 15 is 0 Å². The van der Waals surface area contributed by atoms with Gasteiger partial charge in [-0.2, -0.15) is 0 Å². The van der Waals surface area contributed by atoms with Gasteiger partial charge in [-0.3, -0.25) is 4.79 Å². The van der Waals surface area contributed by atoms with Crippen LogP contribution in [-0.2, 0) is 19.0 Å². The first kappa shape index (κ1) is 17.1. The number of carbonyl (C=O) groups is 1. The molecule has 0 aromatic carbocycles. The number of alkyl halides is 1. The van der Waals surface area contributed by atoms with Gasteiger partial charge in [-0.25, -0.2) is 0 Å². The summed E-state index contributed by atoms with van der Waals surface area (Å²) >= 11 is 2.26. The number of hydrogen-bond acceptors (Lipinski definition) is 4. The number of carbonyl (C=O) groups excluding carboxylic acids is 1. The van der Waals surface area contributed by atoms with E-state index in [-0.39, 0.29) is 5.97 Å². The predicted molar refractivity (Wildman–Crippen MR) is 75.6 cm³/mol. The fourth-order valence-electron chi connectivity index (χ4n) is 1.18. The van der Waals surface area contributed by atoms with Gasteiger partial charge >= 0.3 is 5.97 Å². The van der Waals surface area contributed by atoms with Crippen molar-refractivity contribution in [1.29, 1.82) is 0 Å². The second-order valence-electron chi connectivity index (χ2n) is 3.59. The highest BCUT2D eigenvalue weighted by Crippen LogP contribution is 2.00. The summed E-state index contributed by atoms with van der Waals surface area (Å²) in [5.41, 5.74) is 0. The van der Waals surface area contributed by atoms with E-state index in [2.05, 4.69) is 29.5 Å². The lowest BCUT2D eigenvalue weighted by Gasteiger charge is -2.06. The van der Waals surface area contributed by atoms with Gasteiger partial charge in [0.1, 0.15) is 6.61 Å². The topological polar surface area (TPSA) is 44.8 Å². The predicted octanol–water partition coefficient (Wildman–Crippen LogP) is 2.58. The molecule has 0 atom stereocenters. The molecule has 0 saturated heterocycles. The van der Waals surface area contributed by atoms with Gasteiger partial charge in [-0.1, -0.05) is 42.4 Å². The van der Waals surface area contributed by atoms with E-state index in [1.165, 1.54) is 0 Å². The zero-order valence-electron chi connectivity index (χ0n) is 10.6. The molecule has 0 aromatic heterocycles. The van der Waals surface area contributed by atoms with E-state index in [0.717, 1.165) is 30.3 Å². The summed E-state index contributed by atoms with van der Waals surface area (Å²) in [7, 11) is 0. The molecule has 0 radical (unpaired) electrons. The largest absolute Gasteiger partial charge is 0.463 e. The summed E-state index contributed by atoms with van der Waals surface area (Å²) in [6, 6.07) is 0. The number of esters is 1. The Labute approximate surface area is 118 Å². The van der Waals surface area contributed by atoms with E-state index in [9.17, 15) is 4.79 Å². The summed E-state index contributed by atoms with van der Waals surface area (Å²) in [5.74, 6) is -0.122. The Morgan fingerprint density at radius 3 is 2.29 bits per heavy atom. The van der Waals surface area contributed by atoms with Crippen LogP contribution in [-0.4, -0.2) is 43.4 Å². The van der Waals surface area contributed by atoms with Gasteiger partial charge in [0.25, 0.3) is 0 Å². The number of ether oxygens (including phenoxy) is 3. The van der Waals surface area contributed by atoms with Crippen LogP contribution in [0.5, 0.6) is 0 Å². The zero-order chi connectivity index (χ0) is 12.8. The fraction of sp³-hybridized carbons (Fsp3) is 0.917. The molecule has 0 fully saturated rings. The average molecular weight is 358 g/mol. The zero-order valence-corrected chi connectivity index (χ0v) is 12.7. The quantitative estimate of drug-likeness (QED) is 0.233. The Hall–Kier alpha value is 0.120. The smallest absolute Gasteiger partial charge is 0.305 e. The van der Waals surface area contributed by atoms with Crippen molar-refractivity contribution in [3.8, 4) is 0 Å². The molecule has 0 aromatic rings. The molecule has 0 saturated carbocycles. The van der Waals surface area contributed by atoms with Gasteiger partial charge in [0.15, 0.2) is 0 Å². The van der Waals surface area contributed by atoms with Gasteiger partial charge in [0.2, 0.25) is 0 Å². The number of halogens is 1. The lowest BCUT2D eigenvalue weighted by molar-refractivity contribution is -0.145. The van der Waals surface area contributed by atoms with Gasteiger partial charge in [-0.15, -0.1) is 0 Å². The average Bonchev–Trinajstić information content (AvgIpc) is 2.33. The van der Waals surface area contributed by atoms with Gasteiger partial charge < -0.3 is 14.2 Å². The molecule has 0 spiro atoms. The number of unbranched alkanes of at least 4 members (excludes halogenated alkanes) is 2. The van der Waals surface area contributed by atoms with Crippen molar-refractivity contribution in [2.24, 2.45) is 0 Å². The highest BCUT2D eigenvalue weighted by molar-refractivity contribution is 14.1. The summed E-state index contributed by atoms with van der Waals surface area (Å²) in [6.45, 7) is 4.83. The Kier molecular flexibility index (Phi) is 14.3. The minimum absolute atomic E-state index is 0.122. The van der Waals surface area contributed by atoms with Crippen LogP contribution in [0, 0.1) is 0 Å². The maximum Gasteiger partial charge on any atom is 0.305 e. The monoisotopic (exact) mass is 358 g/mol. The normalized spacial score (nSPS) is 10.5. The van der Waals surface area contributed by atoms with Gasteiger partial charge in [0, 0.05) is 10.8 Å². The standard InChI is InChI=1S/C12H23IO4/c1-2-3-4-5-12(14)17-11-10-16-9-8-15-7-6-13/h2-11H2,1H3. The third-order valence-corrected chi connectivity index (χ3v) is 2.51. The van der Waals surface area contributed by atoms with Crippen molar-refractivity contribution < 1.29 is 19.0 Å². The molecule has 0 aliphatic carbocycles. The van der Waals surface area contributed by atoms with Crippen LogP contribution < -0.4 is 0 Å². The second-order valence-corrected chi connectivity index (χ2v) is 4.67. The molecule has 0 rings (SSSR count). The van der Waals surface area contributed by atoms with Crippen LogP contribution in [0.3, 0.4) is 0 Å². The summed E-state index contributed by atoms with van der Waals surface area (Å²) in [6.07, 6.45) is 3.64. The second kappa shape index (κ2) is 14.2. The molecule has 17 heavy (non-hydrogen) atoms. The molecular weight excluding hydrogens is 335 g/mol. The number of rotatable bonds is 12. The van der Waals surface area contributed by atoms with Crippen LogP contribution in [0.15, 0.2) is 0 Å². The SMILES string of the molecule is CCCCCC(=O)OCCOCCOCCI. The van der Waals surface area contributed by atoms with Crippen LogP contribution in [0.4, 0.5) is 0 Å². The molecule has 0 heterocycles. The molecule has 102 valence electrons. The van der Waals surface area contributed by atoms with E-state index in [1.807, 2.05) is 0 Å². The first-order valence-corrected chi connectivity index (χ1v) is 7.71. The van der Waals surface area contributed by atoms with Gasteiger partial charge in [-0.05, 0) is 6.42 Å². The Morgan fingerprint density at radius 1 is 1.00 bits per heavy atom. The lowest BCUT2D eigenvalue weighted by atomic mass is 10.2. The minimum atomic E-state index is -0.122. The highest BCUT2D eigenvalue weighted by Gasteiger charge is 2.01. The van der Waals surface area contributed by atoms with E-state index in [1.54, 1.807) is 0 Å². The highest BCUT2D eigenvalue weighted by atomic mass is 127. The summed E-state index contributed by atoms with van der Waals surface area (Å²) in [5, 5.41) is 0. The molecule has 0 aliphatic heterocycles. The van der Waals surface area contributed by atoms with Crippen molar-refractivity contribution in [2.45, 2.75) is 32.6 Å². The maximum absolute atomic E-state index is 11.2. The minimum Gasteiger partial charge on any atom is -0.463 e. The molecule has 0 unspecified atom stereocenters. The van der Waals surface area contributed by atoms with Crippen molar-refractivity contribution in [3.05, 3.63) is 0 Å². The molecule has 0 aliphatic rings. The summed E-state index contributed by atoms with van der Waals surface area (Å²) < 4.78 is 16.5. The lowest BCUT2D eigenvalue weighted by Crippen LogP contribution is -2.13. The Balaban J connectivity index is 3.08. The van der Waals surface area contributed by atoms with Crippen LogP contribution in [0.25, 0.3) is 0 Å². The van der Waals surface area contributed by atoms with Crippen molar-refractivity contribution in [2.75, 3.05) is 37.5 Å². The first-order valence-electron chi connectivity index (χ1n) is 6.18. The third-order valence-electron chi connectivity index (χ3n) is 2.07. The third kappa shape index (κ3) is 14.1.